The highest BCUT2D eigenvalue weighted by atomic mass is 32.2. The molecule has 4 rings (SSSR count). The molecule has 7 heteroatoms. The Morgan fingerprint density at radius 3 is 2.88 bits per heavy atom. The molecule has 6 nitrogen and oxygen atoms in total. The van der Waals surface area contributed by atoms with Crippen LogP contribution in [0.5, 0.6) is 0 Å². The summed E-state index contributed by atoms with van der Waals surface area (Å²) in [5, 5.41) is 10.7. The summed E-state index contributed by atoms with van der Waals surface area (Å²) in [4.78, 5) is 4.26. The van der Waals surface area contributed by atoms with E-state index in [1.54, 1.807) is 6.92 Å². The van der Waals surface area contributed by atoms with Gasteiger partial charge in [-0.3, -0.25) is 0 Å². The van der Waals surface area contributed by atoms with Crippen LogP contribution in [-0.2, 0) is 10.0 Å². The molecule has 2 aromatic rings. The lowest BCUT2D eigenvalue weighted by molar-refractivity contribution is 0.0343. The molecule has 0 bridgehead atoms. The van der Waals surface area contributed by atoms with Gasteiger partial charge in [0, 0.05) is 24.6 Å². The molecule has 0 amide bonds. The lowest BCUT2D eigenvalue weighted by Gasteiger charge is -2.38. The standard InChI is InChI=1S/C17H21N3O3S/c1-2-24(22,23)19-8-7-14(16(21)10-19)17-13-6-4-3-5-12(13)15-9-18-11-20(15)17/h3-6,9,11,14,16-17,21H,2,7-8,10H2,1H3/t14-,16-,17+/m0/s1. The number of benzene rings is 1. The third-order valence-electron chi connectivity index (χ3n) is 5.28. The van der Waals surface area contributed by atoms with Crippen molar-refractivity contribution in [3.8, 4) is 11.3 Å². The molecule has 1 fully saturated rings. The molecule has 2 aliphatic rings. The van der Waals surface area contributed by atoms with Crippen molar-refractivity contribution in [3.63, 3.8) is 0 Å². The fourth-order valence-electron chi connectivity index (χ4n) is 4.03. The van der Waals surface area contributed by atoms with E-state index in [9.17, 15) is 13.5 Å². The van der Waals surface area contributed by atoms with Crippen molar-refractivity contribution in [1.29, 1.82) is 0 Å². The van der Waals surface area contributed by atoms with E-state index in [4.69, 9.17) is 0 Å². The molecule has 1 aromatic carbocycles. The van der Waals surface area contributed by atoms with E-state index in [1.807, 2.05) is 24.7 Å². The molecular weight excluding hydrogens is 326 g/mol. The second-order valence-corrected chi connectivity index (χ2v) is 8.75. The first kappa shape index (κ1) is 15.8. The van der Waals surface area contributed by atoms with E-state index in [2.05, 4.69) is 21.7 Å². The number of rotatable bonds is 3. The maximum absolute atomic E-state index is 12.1. The van der Waals surface area contributed by atoms with Crippen LogP contribution in [0.3, 0.4) is 0 Å². The number of nitrogens with zero attached hydrogens (tertiary/aromatic N) is 3. The Bertz CT molecular complexity index is 861. The predicted octanol–water partition coefficient (Wildman–Crippen LogP) is 1.49. The van der Waals surface area contributed by atoms with E-state index in [0.717, 1.165) is 11.3 Å². The Kier molecular flexibility index (Phi) is 3.74. The zero-order valence-corrected chi connectivity index (χ0v) is 14.4. The van der Waals surface area contributed by atoms with Crippen LogP contribution >= 0.6 is 0 Å². The van der Waals surface area contributed by atoms with Crippen LogP contribution in [0.25, 0.3) is 11.3 Å². The van der Waals surface area contributed by atoms with Crippen LogP contribution in [0.1, 0.15) is 24.9 Å². The van der Waals surface area contributed by atoms with E-state index >= 15 is 0 Å². The third-order valence-corrected chi connectivity index (χ3v) is 7.13. The molecule has 2 aliphatic heterocycles. The number of sulfonamides is 1. The summed E-state index contributed by atoms with van der Waals surface area (Å²) in [7, 11) is -3.26. The molecule has 0 aliphatic carbocycles. The molecule has 0 spiro atoms. The van der Waals surface area contributed by atoms with Crippen LogP contribution < -0.4 is 0 Å². The summed E-state index contributed by atoms with van der Waals surface area (Å²) in [5.41, 5.74) is 3.40. The maximum Gasteiger partial charge on any atom is 0.213 e. The SMILES string of the molecule is CCS(=O)(=O)N1CC[C@H]([C@H]2c3ccccc3-c3cncn32)[C@@H](O)C1. The Hall–Kier alpha value is -1.70. The number of hydrogen-bond donors (Lipinski definition) is 1. The van der Waals surface area contributed by atoms with Gasteiger partial charge in [0.05, 0.1) is 36.1 Å². The molecular formula is C17H21N3O3S. The molecule has 0 unspecified atom stereocenters. The van der Waals surface area contributed by atoms with Crippen molar-refractivity contribution in [3.05, 3.63) is 42.4 Å². The first-order valence-electron chi connectivity index (χ1n) is 8.30. The lowest BCUT2D eigenvalue weighted by atomic mass is 9.84. The molecule has 0 saturated carbocycles. The number of aliphatic hydroxyl groups is 1. The molecule has 3 heterocycles. The smallest absolute Gasteiger partial charge is 0.213 e. The summed E-state index contributed by atoms with van der Waals surface area (Å²) < 4.78 is 27.7. The van der Waals surface area contributed by atoms with Gasteiger partial charge in [-0.2, -0.15) is 4.31 Å². The third kappa shape index (κ3) is 2.30. The van der Waals surface area contributed by atoms with Gasteiger partial charge < -0.3 is 9.67 Å². The van der Waals surface area contributed by atoms with Gasteiger partial charge in [-0.25, -0.2) is 13.4 Å². The van der Waals surface area contributed by atoms with Crippen LogP contribution in [0.2, 0.25) is 0 Å². The number of aromatic nitrogens is 2. The minimum Gasteiger partial charge on any atom is -0.391 e. The first-order valence-corrected chi connectivity index (χ1v) is 9.91. The zero-order valence-electron chi connectivity index (χ0n) is 13.5. The quantitative estimate of drug-likeness (QED) is 0.913. The zero-order chi connectivity index (χ0) is 16.9. The van der Waals surface area contributed by atoms with Crippen LogP contribution in [-0.4, -0.2) is 52.3 Å². The van der Waals surface area contributed by atoms with E-state index in [0.29, 0.717) is 13.0 Å². The first-order chi connectivity index (χ1) is 11.5. The fourth-order valence-corrected chi connectivity index (χ4v) is 5.16. The van der Waals surface area contributed by atoms with E-state index < -0.39 is 16.1 Å². The van der Waals surface area contributed by atoms with Crippen molar-refractivity contribution in [1.82, 2.24) is 13.9 Å². The Morgan fingerprint density at radius 1 is 1.33 bits per heavy atom. The average Bonchev–Trinajstić information content (AvgIpc) is 3.16. The lowest BCUT2D eigenvalue weighted by Crippen LogP contribution is -2.49. The van der Waals surface area contributed by atoms with E-state index in [-0.39, 0.29) is 24.3 Å². The van der Waals surface area contributed by atoms with Gasteiger partial charge >= 0.3 is 0 Å². The van der Waals surface area contributed by atoms with Crippen molar-refractivity contribution >= 4 is 10.0 Å². The minimum absolute atomic E-state index is 0.0141. The van der Waals surface area contributed by atoms with Gasteiger partial charge in [0.15, 0.2) is 0 Å². The maximum atomic E-state index is 12.1. The summed E-state index contributed by atoms with van der Waals surface area (Å²) in [6.07, 6.45) is 3.60. The Morgan fingerprint density at radius 2 is 2.12 bits per heavy atom. The number of aliphatic hydroxyl groups excluding tert-OH is 1. The van der Waals surface area contributed by atoms with Crippen molar-refractivity contribution in [2.45, 2.75) is 25.5 Å². The highest BCUT2D eigenvalue weighted by molar-refractivity contribution is 7.89. The minimum atomic E-state index is -3.26. The van der Waals surface area contributed by atoms with Gasteiger partial charge in [-0.15, -0.1) is 0 Å². The Labute approximate surface area is 141 Å². The number of piperidine rings is 1. The second-order valence-electron chi connectivity index (χ2n) is 6.50. The summed E-state index contributed by atoms with van der Waals surface area (Å²) in [6, 6.07) is 8.20. The summed E-state index contributed by atoms with van der Waals surface area (Å²) >= 11 is 0. The van der Waals surface area contributed by atoms with E-state index in [1.165, 1.54) is 9.87 Å². The molecule has 128 valence electrons. The summed E-state index contributed by atoms with van der Waals surface area (Å²) in [5.74, 6) is 0.0485. The predicted molar refractivity (Wildman–Crippen MR) is 90.9 cm³/mol. The van der Waals surface area contributed by atoms with Crippen LogP contribution in [0, 0.1) is 5.92 Å². The molecule has 1 aromatic heterocycles. The molecule has 0 radical (unpaired) electrons. The number of hydrogen-bond acceptors (Lipinski definition) is 4. The largest absolute Gasteiger partial charge is 0.391 e. The molecule has 1 saturated heterocycles. The Balaban J connectivity index is 1.66. The molecule has 24 heavy (non-hydrogen) atoms. The number of fused-ring (bicyclic) bond motifs is 3. The molecule has 1 N–H and O–H groups in total. The fraction of sp³-hybridized carbons (Fsp3) is 0.471. The van der Waals surface area contributed by atoms with Gasteiger partial charge in [-0.1, -0.05) is 24.3 Å². The van der Waals surface area contributed by atoms with Gasteiger partial charge in [0.1, 0.15) is 0 Å². The number of β-amino-alcohol motifs (C(OH)–C–C–N with tert-alkyl or cyclic N) is 1. The van der Waals surface area contributed by atoms with Gasteiger partial charge in [0.2, 0.25) is 10.0 Å². The van der Waals surface area contributed by atoms with Gasteiger partial charge in [0.25, 0.3) is 0 Å². The topological polar surface area (TPSA) is 75.4 Å². The molecule has 3 atom stereocenters. The second kappa shape index (κ2) is 5.68. The highest BCUT2D eigenvalue weighted by Crippen LogP contribution is 2.45. The normalized spacial score (nSPS) is 27.0. The van der Waals surface area contributed by atoms with Crippen molar-refractivity contribution in [2.75, 3.05) is 18.8 Å². The van der Waals surface area contributed by atoms with Crippen molar-refractivity contribution in [2.24, 2.45) is 5.92 Å². The average molecular weight is 347 g/mol. The summed E-state index contributed by atoms with van der Waals surface area (Å²) in [6.45, 7) is 2.27. The van der Waals surface area contributed by atoms with Crippen molar-refractivity contribution < 1.29 is 13.5 Å². The van der Waals surface area contributed by atoms with Gasteiger partial charge in [-0.05, 0) is 18.9 Å². The monoisotopic (exact) mass is 347 g/mol. The highest BCUT2D eigenvalue weighted by Gasteiger charge is 2.41. The number of imidazole rings is 1. The van der Waals surface area contributed by atoms with Crippen LogP contribution in [0.15, 0.2) is 36.8 Å². The van der Waals surface area contributed by atoms with Crippen LogP contribution in [0.4, 0.5) is 0 Å².